The van der Waals surface area contributed by atoms with Gasteiger partial charge in [0.2, 0.25) is 0 Å². The first kappa shape index (κ1) is 22.5. The van der Waals surface area contributed by atoms with Crippen molar-refractivity contribution >= 4 is 39.5 Å². The molecule has 0 atom stereocenters. The number of nitrogens with zero attached hydrogens (tertiary/aromatic N) is 1. The number of carbonyl (C=O) groups is 2. The Kier molecular flexibility index (Phi) is 6.74. The van der Waals surface area contributed by atoms with Gasteiger partial charge < -0.3 is 9.47 Å². The molecular formula is C25H20BrFN2O4. The van der Waals surface area contributed by atoms with Crippen LogP contribution in [0.1, 0.15) is 18.1 Å². The molecule has 0 unspecified atom stereocenters. The third kappa shape index (κ3) is 5.06. The molecule has 33 heavy (non-hydrogen) atoms. The van der Waals surface area contributed by atoms with E-state index in [0.717, 1.165) is 5.56 Å². The molecule has 3 aromatic carbocycles. The van der Waals surface area contributed by atoms with Crippen molar-refractivity contribution in [1.29, 1.82) is 0 Å². The molecule has 0 spiro atoms. The van der Waals surface area contributed by atoms with Gasteiger partial charge in [-0.05, 0) is 60.5 Å². The zero-order valence-corrected chi connectivity index (χ0v) is 19.3. The molecule has 168 valence electrons. The van der Waals surface area contributed by atoms with Crippen LogP contribution in [0.5, 0.6) is 11.5 Å². The maximum atomic E-state index is 13.1. The fourth-order valence-electron chi connectivity index (χ4n) is 3.26. The summed E-state index contributed by atoms with van der Waals surface area (Å²) in [6, 6.07) is 18.3. The number of carbonyl (C=O) groups excluding carboxylic acids is 2. The molecule has 1 N–H and O–H groups in total. The van der Waals surface area contributed by atoms with Crippen molar-refractivity contribution in [2.24, 2.45) is 0 Å². The maximum Gasteiger partial charge on any atom is 0.282 e. The van der Waals surface area contributed by atoms with Crippen molar-refractivity contribution in [3.05, 3.63) is 93.7 Å². The van der Waals surface area contributed by atoms with E-state index in [9.17, 15) is 14.0 Å². The molecule has 1 aliphatic rings. The van der Waals surface area contributed by atoms with Gasteiger partial charge in [0.25, 0.3) is 11.8 Å². The lowest BCUT2D eigenvalue weighted by Gasteiger charge is -2.14. The summed E-state index contributed by atoms with van der Waals surface area (Å²) in [6.45, 7) is 2.46. The molecule has 0 saturated carbocycles. The monoisotopic (exact) mass is 510 g/mol. The second-order valence-electron chi connectivity index (χ2n) is 7.14. The van der Waals surface area contributed by atoms with Crippen LogP contribution in [0, 0.1) is 5.82 Å². The number of nitrogens with one attached hydrogen (secondary N) is 1. The predicted molar refractivity (Wildman–Crippen MR) is 126 cm³/mol. The van der Waals surface area contributed by atoms with Crippen molar-refractivity contribution in [2.45, 2.75) is 13.5 Å². The van der Waals surface area contributed by atoms with Crippen LogP contribution in [-0.2, 0) is 16.2 Å². The van der Waals surface area contributed by atoms with Gasteiger partial charge in [0, 0.05) is 4.47 Å². The third-order valence-electron chi connectivity index (χ3n) is 4.88. The number of benzene rings is 3. The Balaban J connectivity index is 1.60. The number of amides is 2. The number of anilines is 1. The molecule has 1 heterocycles. The van der Waals surface area contributed by atoms with Crippen LogP contribution in [0.2, 0.25) is 0 Å². The minimum absolute atomic E-state index is 0.00184. The molecule has 1 aliphatic heterocycles. The van der Waals surface area contributed by atoms with Crippen molar-refractivity contribution in [3.8, 4) is 11.5 Å². The summed E-state index contributed by atoms with van der Waals surface area (Å²) in [5, 5.41) is 1.21. The van der Waals surface area contributed by atoms with Crippen LogP contribution < -0.4 is 19.9 Å². The van der Waals surface area contributed by atoms with E-state index in [1.807, 2.05) is 13.0 Å². The highest BCUT2D eigenvalue weighted by Gasteiger charge is 2.34. The van der Waals surface area contributed by atoms with E-state index in [-0.39, 0.29) is 18.0 Å². The molecule has 6 nitrogen and oxygen atoms in total. The number of hydrogen-bond donors (Lipinski definition) is 1. The lowest BCUT2D eigenvalue weighted by Crippen LogP contribution is -2.35. The normalized spacial score (nSPS) is 14.5. The number of halogens is 2. The second-order valence-corrected chi connectivity index (χ2v) is 8.00. The van der Waals surface area contributed by atoms with Crippen LogP contribution in [0.3, 0.4) is 0 Å². The molecule has 0 radical (unpaired) electrons. The van der Waals surface area contributed by atoms with E-state index in [2.05, 4.69) is 21.4 Å². The topological polar surface area (TPSA) is 67.9 Å². The maximum absolute atomic E-state index is 13.1. The minimum atomic E-state index is -0.495. The van der Waals surface area contributed by atoms with Crippen molar-refractivity contribution in [1.82, 2.24) is 5.43 Å². The molecule has 8 heteroatoms. The zero-order valence-electron chi connectivity index (χ0n) is 17.7. The first-order valence-corrected chi connectivity index (χ1v) is 11.0. The first-order chi connectivity index (χ1) is 16.0. The minimum Gasteiger partial charge on any atom is -0.490 e. The van der Waals surface area contributed by atoms with Gasteiger partial charge in [0.15, 0.2) is 11.5 Å². The van der Waals surface area contributed by atoms with E-state index in [0.29, 0.717) is 33.8 Å². The Morgan fingerprint density at radius 2 is 1.70 bits per heavy atom. The molecule has 1 saturated heterocycles. The van der Waals surface area contributed by atoms with Crippen molar-refractivity contribution in [2.75, 3.05) is 11.6 Å². The lowest BCUT2D eigenvalue weighted by atomic mass is 10.1. The summed E-state index contributed by atoms with van der Waals surface area (Å²) >= 11 is 3.49. The molecule has 4 rings (SSSR count). The van der Waals surface area contributed by atoms with Crippen LogP contribution in [0.15, 0.2) is 76.8 Å². The van der Waals surface area contributed by atoms with Crippen LogP contribution >= 0.6 is 15.9 Å². The highest BCUT2D eigenvalue weighted by Crippen LogP contribution is 2.36. The van der Waals surface area contributed by atoms with Gasteiger partial charge in [0.1, 0.15) is 18.0 Å². The van der Waals surface area contributed by atoms with E-state index in [1.165, 1.54) is 23.2 Å². The number of hydrazine groups is 1. The van der Waals surface area contributed by atoms with Crippen molar-refractivity contribution < 1.29 is 23.5 Å². The van der Waals surface area contributed by atoms with Crippen LogP contribution in [0.4, 0.5) is 10.1 Å². The molecule has 0 aromatic heterocycles. The highest BCUT2D eigenvalue weighted by molar-refractivity contribution is 9.10. The summed E-state index contributed by atoms with van der Waals surface area (Å²) in [5.74, 6) is -0.327. The van der Waals surface area contributed by atoms with Gasteiger partial charge in [0.05, 0.1) is 12.3 Å². The second kappa shape index (κ2) is 9.87. The quantitative estimate of drug-likeness (QED) is 0.357. The van der Waals surface area contributed by atoms with Gasteiger partial charge in [-0.2, -0.15) is 0 Å². The molecule has 0 aliphatic carbocycles. The summed E-state index contributed by atoms with van der Waals surface area (Å²) in [4.78, 5) is 25.4. The van der Waals surface area contributed by atoms with Gasteiger partial charge in [-0.25, -0.2) is 9.40 Å². The number of hydrogen-bond acceptors (Lipinski definition) is 4. The van der Waals surface area contributed by atoms with Gasteiger partial charge in [-0.1, -0.05) is 46.3 Å². The van der Waals surface area contributed by atoms with Crippen molar-refractivity contribution in [3.63, 3.8) is 0 Å². The molecule has 2 amide bonds. The smallest absolute Gasteiger partial charge is 0.282 e. The predicted octanol–water partition coefficient (Wildman–Crippen LogP) is 5.03. The molecular weight excluding hydrogens is 491 g/mol. The summed E-state index contributed by atoms with van der Waals surface area (Å²) in [6.07, 6.45) is 1.51. The average Bonchev–Trinajstić information content (AvgIpc) is 3.10. The SMILES string of the molecule is CCOc1cc(/C=C2/C(=O)NN(c3ccccc3)C2=O)c(Br)cc1OCc1ccc(F)cc1. The van der Waals surface area contributed by atoms with Crippen LogP contribution in [-0.4, -0.2) is 18.4 Å². The van der Waals surface area contributed by atoms with E-state index >= 15 is 0 Å². The largest absolute Gasteiger partial charge is 0.490 e. The Bertz CT molecular complexity index is 1210. The average molecular weight is 511 g/mol. The molecule has 3 aromatic rings. The Hall–Kier alpha value is -3.65. The fraction of sp³-hybridized carbons (Fsp3) is 0.120. The Morgan fingerprint density at radius 1 is 1.00 bits per heavy atom. The highest BCUT2D eigenvalue weighted by atomic mass is 79.9. The molecule has 1 fully saturated rings. The van der Waals surface area contributed by atoms with Gasteiger partial charge in [-0.15, -0.1) is 0 Å². The molecule has 0 bridgehead atoms. The number of rotatable bonds is 7. The fourth-order valence-corrected chi connectivity index (χ4v) is 3.69. The zero-order chi connectivity index (χ0) is 23.4. The first-order valence-electron chi connectivity index (χ1n) is 10.2. The number of para-hydroxylation sites is 1. The van der Waals surface area contributed by atoms with E-state index < -0.39 is 11.8 Å². The summed E-state index contributed by atoms with van der Waals surface area (Å²) in [5.41, 5.74) is 4.54. The summed E-state index contributed by atoms with van der Waals surface area (Å²) < 4.78 is 25.3. The van der Waals surface area contributed by atoms with Gasteiger partial charge >= 0.3 is 0 Å². The lowest BCUT2D eigenvalue weighted by molar-refractivity contribution is -0.117. The standard InChI is InChI=1S/C25H20BrFN2O4/c1-2-32-22-13-17(21(26)14-23(22)33-15-16-8-10-18(27)11-9-16)12-20-24(30)28-29(25(20)31)19-6-4-3-5-7-19/h3-14H,2,15H2,1H3,(H,28,30)/b20-12-. The third-order valence-corrected chi connectivity index (χ3v) is 5.56. The number of ether oxygens (including phenoxy) is 2. The van der Waals surface area contributed by atoms with E-state index in [1.54, 1.807) is 48.5 Å². The Morgan fingerprint density at radius 3 is 2.39 bits per heavy atom. The Labute approximate surface area is 198 Å². The van der Waals surface area contributed by atoms with E-state index in [4.69, 9.17) is 9.47 Å². The summed E-state index contributed by atoms with van der Waals surface area (Å²) in [7, 11) is 0. The van der Waals surface area contributed by atoms with Gasteiger partial charge in [-0.3, -0.25) is 15.0 Å². The van der Waals surface area contributed by atoms with Crippen LogP contribution in [0.25, 0.3) is 6.08 Å².